The van der Waals surface area contributed by atoms with E-state index < -0.39 is 0 Å². The highest BCUT2D eigenvalue weighted by Gasteiger charge is 2.36. The summed E-state index contributed by atoms with van der Waals surface area (Å²) in [5.41, 5.74) is 1.65. The minimum atomic E-state index is -0.0708. The normalized spacial score (nSPS) is 16.3. The van der Waals surface area contributed by atoms with Crippen LogP contribution in [0.4, 0.5) is 0 Å². The van der Waals surface area contributed by atoms with E-state index in [0.29, 0.717) is 23.7 Å². The molecule has 134 valence electrons. The Morgan fingerprint density at radius 2 is 2.04 bits per heavy atom. The lowest BCUT2D eigenvalue weighted by Crippen LogP contribution is -2.50. The summed E-state index contributed by atoms with van der Waals surface area (Å²) < 4.78 is 1.74. The molecule has 0 unspecified atom stereocenters. The Hall–Kier alpha value is -1.85. The van der Waals surface area contributed by atoms with Crippen LogP contribution in [0.5, 0.6) is 0 Å². The van der Waals surface area contributed by atoms with E-state index in [-0.39, 0.29) is 11.4 Å². The monoisotopic (exact) mass is 360 g/mol. The fourth-order valence-corrected chi connectivity index (χ4v) is 3.73. The lowest BCUT2D eigenvalue weighted by Gasteiger charge is -2.36. The number of nitrogens with one attached hydrogen (secondary N) is 1. The molecule has 1 aromatic heterocycles. The van der Waals surface area contributed by atoms with Crippen molar-refractivity contribution >= 4 is 17.5 Å². The van der Waals surface area contributed by atoms with Crippen LogP contribution in [-0.2, 0) is 6.54 Å². The number of halogens is 1. The topological polar surface area (TPSA) is 50.2 Å². The maximum absolute atomic E-state index is 12.5. The Labute approximate surface area is 154 Å². The van der Waals surface area contributed by atoms with Crippen LogP contribution in [0.1, 0.15) is 41.6 Å². The molecular formula is C19H25ClN4O. The number of rotatable bonds is 6. The van der Waals surface area contributed by atoms with Gasteiger partial charge in [0.2, 0.25) is 0 Å². The van der Waals surface area contributed by atoms with Gasteiger partial charge in [0.15, 0.2) is 0 Å². The van der Waals surface area contributed by atoms with Gasteiger partial charge in [-0.15, -0.1) is 0 Å². The fraction of sp³-hybridized carbons (Fsp3) is 0.474. The van der Waals surface area contributed by atoms with Crippen molar-refractivity contribution in [3.05, 3.63) is 52.8 Å². The van der Waals surface area contributed by atoms with Gasteiger partial charge in [-0.25, -0.2) is 0 Å². The van der Waals surface area contributed by atoms with Gasteiger partial charge in [0.1, 0.15) is 0 Å². The van der Waals surface area contributed by atoms with E-state index in [0.717, 1.165) is 18.4 Å². The number of aromatic nitrogens is 2. The first-order chi connectivity index (χ1) is 12.0. The van der Waals surface area contributed by atoms with Crippen molar-refractivity contribution in [2.45, 2.75) is 37.8 Å². The molecule has 25 heavy (non-hydrogen) atoms. The first-order valence-electron chi connectivity index (χ1n) is 8.72. The van der Waals surface area contributed by atoms with E-state index >= 15 is 0 Å². The van der Waals surface area contributed by atoms with Crippen LogP contribution in [0.25, 0.3) is 0 Å². The van der Waals surface area contributed by atoms with Crippen molar-refractivity contribution in [1.82, 2.24) is 20.0 Å². The molecule has 1 aliphatic carbocycles. The van der Waals surface area contributed by atoms with E-state index in [1.807, 2.05) is 24.3 Å². The van der Waals surface area contributed by atoms with Crippen LogP contribution in [0.3, 0.4) is 0 Å². The first kappa shape index (κ1) is 18.0. The fourth-order valence-electron chi connectivity index (χ4n) is 3.53. The van der Waals surface area contributed by atoms with Gasteiger partial charge in [0, 0.05) is 23.3 Å². The molecule has 1 heterocycles. The molecule has 0 saturated heterocycles. The Morgan fingerprint density at radius 1 is 1.32 bits per heavy atom. The van der Waals surface area contributed by atoms with Crippen molar-refractivity contribution in [2.75, 3.05) is 20.6 Å². The van der Waals surface area contributed by atoms with Crippen LogP contribution in [0.15, 0.2) is 36.7 Å². The Morgan fingerprint density at radius 3 is 2.72 bits per heavy atom. The average Bonchev–Trinajstić information content (AvgIpc) is 3.25. The zero-order valence-electron chi connectivity index (χ0n) is 14.8. The van der Waals surface area contributed by atoms with Crippen LogP contribution in [-0.4, -0.2) is 46.8 Å². The molecule has 1 aliphatic rings. The average molecular weight is 361 g/mol. The maximum Gasteiger partial charge on any atom is 0.254 e. The second-order valence-electron chi connectivity index (χ2n) is 7.03. The van der Waals surface area contributed by atoms with Gasteiger partial charge < -0.3 is 10.2 Å². The molecule has 1 aromatic carbocycles. The third kappa shape index (κ3) is 4.05. The summed E-state index contributed by atoms with van der Waals surface area (Å²) in [7, 11) is 4.19. The Balaban J connectivity index is 1.62. The molecule has 0 atom stereocenters. The molecule has 0 spiro atoms. The summed E-state index contributed by atoms with van der Waals surface area (Å²) in [6, 6.07) is 7.67. The number of benzene rings is 1. The molecule has 6 heteroatoms. The SMILES string of the molecule is CN(C)C1(CNC(=O)c2cnn(Cc3ccccc3Cl)c2)CCCC1. The number of carbonyl (C=O) groups is 1. The van der Waals surface area contributed by atoms with Gasteiger partial charge in [0.05, 0.1) is 18.3 Å². The van der Waals surface area contributed by atoms with Crippen LogP contribution >= 0.6 is 11.6 Å². The lowest BCUT2D eigenvalue weighted by molar-refractivity contribution is 0.0900. The summed E-state index contributed by atoms with van der Waals surface area (Å²) >= 11 is 6.19. The van der Waals surface area contributed by atoms with Gasteiger partial charge >= 0.3 is 0 Å². The molecule has 0 aliphatic heterocycles. The van der Waals surface area contributed by atoms with Crippen LogP contribution in [0, 0.1) is 0 Å². The number of amides is 1. The Kier molecular flexibility index (Phi) is 5.45. The zero-order valence-corrected chi connectivity index (χ0v) is 15.6. The summed E-state index contributed by atoms with van der Waals surface area (Å²) in [4.78, 5) is 14.7. The molecule has 0 bridgehead atoms. The summed E-state index contributed by atoms with van der Waals surface area (Å²) in [5.74, 6) is -0.0708. The standard InChI is InChI=1S/C19H25ClN4O/c1-23(2)19(9-5-6-10-19)14-21-18(25)16-11-22-24(13-16)12-15-7-3-4-8-17(15)20/h3-4,7-8,11,13H,5-6,9-10,12,14H2,1-2H3,(H,21,25). The molecule has 5 nitrogen and oxygen atoms in total. The number of nitrogens with zero attached hydrogens (tertiary/aromatic N) is 3. The molecule has 1 fully saturated rings. The number of likely N-dealkylation sites (N-methyl/N-ethyl adjacent to an activating group) is 1. The van der Waals surface area contributed by atoms with Crippen molar-refractivity contribution < 1.29 is 4.79 Å². The van der Waals surface area contributed by atoms with E-state index in [1.54, 1.807) is 17.1 Å². The molecule has 1 N–H and O–H groups in total. The smallest absolute Gasteiger partial charge is 0.254 e. The predicted molar refractivity (Wildman–Crippen MR) is 100 cm³/mol. The van der Waals surface area contributed by atoms with E-state index in [4.69, 9.17) is 11.6 Å². The molecule has 1 amide bonds. The van der Waals surface area contributed by atoms with Gasteiger partial charge in [-0.3, -0.25) is 9.48 Å². The van der Waals surface area contributed by atoms with E-state index in [1.165, 1.54) is 12.8 Å². The third-order valence-electron chi connectivity index (χ3n) is 5.25. The van der Waals surface area contributed by atoms with Crippen molar-refractivity contribution in [3.63, 3.8) is 0 Å². The Bertz CT molecular complexity index is 735. The van der Waals surface area contributed by atoms with Gasteiger partial charge in [-0.05, 0) is 38.6 Å². The lowest BCUT2D eigenvalue weighted by atomic mass is 9.96. The highest BCUT2D eigenvalue weighted by atomic mass is 35.5. The molecular weight excluding hydrogens is 336 g/mol. The van der Waals surface area contributed by atoms with Gasteiger partial charge in [-0.2, -0.15) is 5.10 Å². The summed E-state index contributed by atoms with van der Waals surface area (Å²) in [5, 5.41) is 8.09. The minimum absolute atomic E-state index is 0.0708. The second kappa shape index (κ2) is 7.58. The van der Waals surface area contributed by atoms with Crippen molar-refractivity contribution in [1.29, 1.82) is 0 Å². The number of carbonyl (C=O) groups excluding carboxylic acids is 1. The molecule has 2 aromatic rings. The van der Waals surface area contributed by atoms with Crippen molar-refractivity contribution in [3.8, 4) is 0 Å². The summed E-state index contributed by atoms with van der Waals surface area (Å²) in [6.45, 7) is 1.23. The van der Waals surface area contributed by atoms with E-state index in [2.05, 4.69) is 29.4 Å². The van der Waals surface area contributed by atoms with Gasteiger partial charge in [-0.1, -0.05) is 42.6 Å². The highest BCUT2D eigenvalue weighted by Crippen LogP contribution is 2.33. The predicted octanol–water partition coefficient (Wildman–Crippen LogP) is 3.19. The van der Waals surface area contributed by atoms with Gasteiger partial charge in [0.25, 0.3) is 5.91 Å². The molecule has 1 saturated carbocycles. The molecule has 0 radical (unpaired) electrons. The van der Waals surface area contributed by atoms with Crippen LogP contribution < -0.4 is 5.32 Å². The number of hydrogen-bond donors (Lipinski definition) is 1. The number of hydrogen-bond acceptors (Lipinski definition) is 3. The first-order valence-corrected chi connectivity index (χ1v) is 9.09. The zero-order chi connectivity index (χ0) is 17.9. The van der Waals surface area contributed by atoms with Crippen LogP contribution in [0.2, 0.25) is 5.02 Å². The second-order valence-corrected chi connectivity index (χ2v) is 7.43. The quantitative estimate of drug-likeness (QED) is 0.860. The maximum atomic E-state index is 12.5. The van der Waals surface area contributed by atoms with E-state index in [9.17, 15) is 4.79 Å². The highest BCUT2D eigenvalue weighted by molar-refractivity contribution is 6.31. The summed E-state index contributed by atoms with van der Waals surface area (Å²) in [6.07, 6.45) is 8.10. The largest absolute Gasteiger partial charge is 0.350 e. The minimum Gasteiger partial charge on any atom is -0.350 e. The molecule has 3 rings (SSSR count). The van der Waals surface area contributed by atoms with Crippen molar-refractivity contribution in [2.24, 2.45) is 0 Å². The third-order valence-corrected chi connectivity index (χ3v) is 5.62.